The van der Waals surface area contributed by atoms with Crippen molar-refractivity contribution < 1.29 is 17.1 Å². The maximum Gasteiger partial charge on any atom is 0.0849 e. The van der Waals surface area contributed by atoms with Crippen molar-refractivity contribution in [1.29, 1.82) is 0 Å². The molecule has 1 aromatic heterocycles. The normalized spacial score (nSPS) is 11.1. The average Bonchev–Trinajstić information content (AvgIpc) is 2.34. The van der Waals surface area contributed by atoms with Crippen molar-refractivity contribution in [3.63, 3.8) is 0 Å². The standard InChI is InChI=1S/C15H15ClN2.Fe/c1-10-8-11(2)15(13(16)9-10)18-12(3)14-6-4-5-7-17-14;/h4-9H,1-3H3;. The summed E-state index contributed by atoms with van der Waals surface area (Å²) in [6, 6.07) is 9.79. The molecule has 0 saturated heterocycles. The molecule has 4 heteroatoms. The van der Waals surface area contributed by atoms with Crippen LogP contribution in [-0.2, 0) is 17.1 Å². The van der Waals surface area contributed by atoms with Gasteiger partial charge in [-0.1, -0.05) is 23.7 Å². The number of hydrogen-bond acceptors (Lipinski definition) is 2. The van der Waals surface area contributed by atoms with E-state index in [9.17, 15) is 0 Å². The second kappa shape index (κ2) is 6.85. The number of aryl methyl sites for hydroxylation is 2. The van der Waals surface area contributed by atoms with Gasteiger partial charge in [-0.3, -0.25) is 4.98 Å². The Morgan fingerprint density at radius 3 is 2.53 bits per heavy atom. The zero-order valence-electron chi connectivity index (χ0n) is 11.1. The van der Waals surface area contributed by atoms with Crippen LogP contribution in [0.15, 0.2) is 41.5 Å². The second-order valence-corrected chi connectivity index (χ2v) is 4.73. The molecule has 1 aromatic carbocycles. The summed E-state index contributed by atoms with van der Waals surface area (Å²) in [5, 5.41) is 0.683. The quantitative estimate of drug-likeness (QED) is 0.592. The Kier molecular flexibility index (Phi) is 5.74. The van der Waals surface area contributed by atoms with Gasteiger partial charge in [-0.25, -0.2) is 4.99 Å². The summed E-state index contributed by atoms with van der Waals surface area (Å²) in [6.07, 6.45) is 1.76. The van der Waals surface area contributed by atoms with Crippen LogP contribution in [-0.4, -0.2) is 10.7 Å². The predicted octanol–water partition coefficient (Wildman–Crippen LogP) is 4.49. The Morgan fingerprint density at radius 1 is 1.21 bits per heavy atom. The van der Waals surface area contributed by atoms with E-state index in [1.165, 1.54) is 0 Å². The number of aromatic nitrogens is 1. The van der Waals surface area contributed by atoms with E-state index in [2.05, 4.69) is 16.0 Å². The fraction of sp³-hybridized carbons (Fsp3) is 0.200. The summed E-state index contributed by atoms with van der Waals surface area (Å²) in [4.78, 5) is 8.87. The molecule has 0 aliphatic carbocycles. The van der Waals surface area contributed by atoms with Gasteiger partial charge in [0, 0.05) is 23.3 Å². The van der Waals surface area contributed by atoms with Crippen LogP contribution < -0.4 is 0 Å². The summed E-state index contributed by atoms with van der Waals surface area (Å²) in [7, 11) is 0. The fourth-order valence-corrected chi connectivity index (χ4v) is 2.21. The van der Waals surface area contributed by atoms with Crippen LogP contribution in [0.3, 0.4) is 0 Å². The van der Waals surface area contributed by atoms with Crippen molar-refractivity contribution in [3.05, 3.63) is 58.4 Å². The molecule has 0 aliphatic heterocycles. The Hall–Kier alpha value is -1.15. The first kappa shape index (κ1) is 15.9. The number of hydrogen-bond donors (Lipinski definition) is 0. The fourth-order valence-electron chi connectivity index (χ4n) is 1.85. The number of pyridine rings is 1. The maximum atomic E-state index is 6.24. The van der Waals surface area contributed by atoms with E-state index >= 15 is 0 Å². The summed E-state index contributed by atoms with van der Waals surface area (Å²) >= 11 is 6.24. The minimum Gasteiger partial charge on any atom is -0.255 e. The van der Waals surface area contributed by atoms with E-state index in [-0.39, 0.29) is 17.1 Å². The molecular weight excluding hydrogens is 299 g/mol. The average molecular weight is 315 g/mol. The van der Waals surface area contributed by atoms with Gasteiger partial charge in [0.25, 0.3) is 0 Å². The first-order valence-corrected chi connectivity index (χ1v) is 6.19. The van der Waals surface area contributed by atoms with E-state index in [4.69, 9.17) is 11.6 Å². The maximum absolute atomic E-state index is 6.24. The third-order valence-corrected chi connectivity index (χ3v) is 3.00. The third-order valence-electron chi connectivity index (χ3n) is 2.71. The summed E-state index contributed by atoms with van der Waals surface area (Å²) in [5.41, 5.74) is 4.78. The van der Waals surface area contributed by atoms with Gasteiger partial charge >= 0.3 is 0 Å². The molecule has 0 fully saturated rings. The minimum atomic E-state index is 0. The smallest absolute Gasteiger partial charge is 0.0849 e. The topological polar surface area (TPSA) is 25.2 Å². The van der Waals surface area contributed by atoms with Crippen molar-refractivity contribution in [2.45, 2.75) is 20.8 Å². The first-order chi connectivity index (χ1) is 8.58. The van der Waals surface area contributed by atoms with Gasteiger partial charge in [-0.15, -0.1) is 0 Å². The Labute approximate surface area is 129 Å². The SMILES string of the molecule is CC(=Nc1c(C)cc(C)cc1Cl)c1ccccn1.[Fe]. The molecule has 2 aromatic rings. The van der Waals surface area contributed by atoms with Crippen LogP contribution in [0.1, 0.15) is 23.7 Å². The van der Waals surface area contributed by atoms with Gasteiger partial charge in [0.15, 0.2) is 0 Å². The molecule has 2 rings (SSSR count). The van der Waals surface area contributed by atoms with E-state index in [0.717, 1.165) is 28.2 Å². The van der Waals surface area contributed by atoms with Crippen molar-refractivity contribution in [2.75, 3.05) is 0 Å². The van der Waals surface area contributed by atoms with Gasteiger partial charge in [-0.05, 0) is 50.1 Å². The minimum absolute atomic E-state index is 0. The molecule has 0 N–H and O–H groups in total. The van der Waals surface area contributed by atoms with Crippen molar-refractivity contribution in [3.8, 4) is 0 Å². The van der Waals surface area contributed by atoms with Crippen molar-refractivity contribution >= 4 is 23.0 Å². The van der Waals surface area contributed by atoms with Crippen LogP contribution in [0, 0.1) is 13.8 Å². The Balaban J connectivity index is 0.00000180. The van der Waals surface area contributed by atoms with Crippen LogP contribution >= 0.6 is 11.6 Å². The van der Waals surface area contributed by atoms with Gasteiger partial charge in [-0.2, -0.15) is 0 Å². The molecule has 0 saturated carbocycles. The van der Waals surface area contributed by atoms with E-state index in [1.54, 1.807) is 6.20 Å². The summed E-state index contributed by atoms with van der Waals surface area (Å²) < 4.78 is 0. The zero-order chi connectivity index (χ0) is 13.1. The van der Waals surface area contributed by atoms with E-state index < -0.39 is 0 Å². The summed E-state index contributed by atoms with van der Waals surface area (Å²) in [6.45, 7) is 5.99. The zero-order valence-corrected chi connectivity index (χ0v) is 13.0. The Bertz CT molecular complexity index is 571. The Morgan fingerprint density at radius 2 is 1.95 bits per heavy atom. The molecule has 0 radical (unpaired) electrons. The van der Waals surface area contributed by atoms with Gasteiger partial charge < -0.3 is 0 Å². The molecule has 0 unspecified atom stereocenters. The van der Waals surface area contributed by atoms with Crippen LogP contribution in [0.4, 0.5) is 5.69 Å². The number of aliphatic imine (C=N–C) groups is 1. The monoisotopic (exact) mass is 314 g/mol. The molecule has 1 heterocycles. The van der Waals surface area contributed by atoms with Gasteiger partial charge in [0.2, 0.25) is 0 Å². The molecule has 0 spiro atoms. The number of nitrogens with zero attached hydrogens (tertiary/aromatic N) is 2. The van der Waals surface area contributed by atoms with Gasteiger partial charge in [0.1, 0.15) is 0 Å². The van der Waals surface area contributed by atoms with Crippen LogP contribution in [0.5, 0.6) is 0 Å². The third kappa shape index (κ3) is 3.90. The molecule has 2 nitrogen and oxygen atoms in total. The molecular formula is C15H15ClFeN2. The molecule has 0 aliphatic rings. The number of rotatable bonds is 2. The molecule has 100 valence electrons. The van der Waals surface area contributed by atoms with Crippen molar-refractivity contribution in [2.24, 2.45) is 4.99 Å². The van der Waals surface area contributed by atoms with E-state index in [0.29, 0.717) is 5.02 Å². The molecule has 19 heavy (non-hydrogen) atoms. The largest absolute Gasteiger partial charge is 0.255 e. The predicted molar refractivity (Wildman–Crippen MR) is 77.0 cm³/mol. The first-order valence-electron chi connectivity index (χ1n) is 5.81. The van der Waals surface area contributed by atoms with Crippen molar-refractivity contribution in [1.82, 2.24) is 4.98 Å². The second-order valence-electron chi connectivity index (χ2n) is 4.32. The number of benzene rings is 1. The summed E-state index contributed by atoms with van der Waals surface area (Å²) in [5.74, 6) is 0. The van der Waals surface area contributed by atoms with Crippen LogP contribution in [0.25, 0.3) is 0 Å². The molecule has 0 amide bonds. The molecule has 0 bridgehead atoms. The molecule has 0 atom stereocenters. The van der Waals surface area contributed by atoms with Gasteiger partial charge in [0.05, 0.1) is 22.1 Å². The number of halogens is 1. The van der Waals surface area contributed by atoms with Crippen LogP contribution in [0.2, 0.25) is 5.02 Å². The van der Waals surface area contributed by atoms with E-state index in [1.807, 2.05) is 45.0 Å².